The van der Waals surface area contributed by atoms with Crippen molar-refractivity contribution in [1.29, 1.82) is 10.8 Å². The molecule has 0 aliphatic heterocycles. The molecule has 2 fully saturated rings. The summed E-state index contributed by atoms with van der Waals surface area (Å²) in [5, 5.41) is 25.3. The third kappa shape index (κ3) is 16.6. The zero-order chi connectivity index (χ0) is 55.6. The van der Waals surface area contributed by atoms with E-state index in [0.717, 1.165) is 54.9 Å². The summed E-state index contributed by atoms with van der Waals surface area (Å²) >= 11 is 0. The summed E-state index contributed by atoms with van der Waals surface area (Å²) < 4.78 is 103. The number of halogens is 6. The van der Waals surface area contributed by atoms with E-state index in [-0.39, 0.29) is 174 Å². The predicted molar refractivity (Wildman–Crippen MR) is 277 cm³/mol. The Balaban J connectivity index is 0.000000319. The van der Waals surface area contributed by atoms with E-state index >= 15 is 0 Å². The molecule has 2 saturated carbocycles. The summed E-state index contributed by atoms with van der Waals surface area (Å²) in [6.45, 7) is 4.25. The zero-order valence-electron chi connectivity index (χ0n) is 45.7. The number of aromatic nitrogens is 8. The van der Waals surface area contributed by atoms with Gasteiger partial charge < -0.3 is 49.3 Å². The number of allylic oxidation sites excluding steroid dienone is 2. The second kappa shape index (κ2) is 29.0. The number of alkyl halides is 6. The molecule has 0 saturated heterocycles. The molecule has 0 amide bonds. The number of anilines is 2. The summed E-state index contributed by atoms with van der Waals surface area (Å²) in [4.78, 5) is 27.1. The standard InChI is InChI=1S/C26H29F3N7O2.C24H25F3N7O2.C2H6.2K/c1-31-21(16-10-11-16)20(22(30)37-5)23-32-12-18(35(2)3)25(34-23)38-14-15-6-8-17(9-7-15)24-33-19(13-36(24)4)26(27,28)29;1-30-19(14-8-9-14)18(20(29)35-3)21-31-10-16(28)23(33-21)36-12-13-4-6-15(7-5-13)22-32-17(11-34(22)2)24(25,26)27;1-2;;/h6-9,12-13,16,30H,10-11,14H2,1-5H3;4-7,10-11,14,29H,8-9,12,28H2,1-3H3;1-2H3;;/q2*-1;;2*+1/b21-20+,30-22?;19-18+,29-20?;;;. The summed E-state index contributed by atoms with van der Waals surface area (Å²) in [5.74, 6) is 1.69. The Morgan fingerprint density at radius 2 is 1.01 bits per heavy atom. The largest absolute Gasteiger partial charge is 1.00 e. The molecular weight excluding hydrogens is 1080 g/mol. The quantitative estimate of drug-likeness (QED) is 0.0468. The van der Waals surface area contributed by atoms with Crippen LogP contribution in [0.5, 0.6) is 11.8 Å². The van der Waals surface area contributed by atoms with Gasteiger partial charge in [-0.05, 0) is 48.6 Å². The van der Waals surface area contributed by atoms with Crippen molar-refractivity contribution in [2.24, 2.45) is 25.9 Å². The number of nitrogen functional groups attached to an aromatic ring is 1. The fourth-order valence-electron chi connectivity index (χ4n) is 7.63. The summed E-state index contributed by atoms with van der Waals surface area (Å²) in [6.07, 6.45) is -0.160. The molecule has 6 aromatic rings. The van der Waals surface area contributed by atoms with Crippen LogP contribution in [0.3, 0.4) is 0 Å². The fraction of sp³-hybridized carbons (Fsp3) is 0.385. The number of hydrogen-bond acceptors (Lipinski definition) is 14. The van der Waals surface area contributed by atoms with Gasteiger partial charge in [0.2, 0.25) is 23.6 Å². The van der Waals surface area contributed by atoms with Crippen LogP contribution in [0.1, 0.15) is 73.7 Å². The molecule has 4 N–H and O–H groups in total. The van der Waals surface area contributed by atoms with E-state index in [0.29, 0.717) is 39.5 Å². The first kappa shape index (κ1) is 65.6. The van der Waals surface area contributed by atoms with Gasteiger partial charge in [0.1, 0.15) is 36.2 Å². The van der Waals surface area contributed by atoms with Crippen molar-refractivity contribution in [2.75, 3.05) is 53.0 Å². The van der Waals surface area contributed by atoms with Crippen LogP contribution >= 0.6 is 0 Å². The SMILES string of the molecule is CC.C[N-]/C(=C(\C(=N)OC)c1ncc(N(C)C)c(OCc2ccc(-c3nc(C(F)(F)F)cn3C)cc2)n1)C1CC1.C[N-]/C(=C(\C(=N)OC)c1ncc(N)c(OCc2ccc(-c3nc(C(F)(F)F)cn3C)cc2)n1)C1CC1.[K+].[K+]. The van der Waals surface area contributed by atoms with Crippen molar-refractivity contribution >= 4 is 34.3 Å². The van der Waals surface area contributed by atoms with Gasteiger partial charge in [0.25, 0.3) is 0 Å². The number of imidazole rings is 2. The third-order valence-electron chi connectivity index (χ3n) is 11.7. The van der Waals surface area contributed by atoms with Crippen molar-refractivity contribution in [3.05, 3.63) is 130 Å². The molecule has 0 spiro atoms. The molecular formula is C52H60F6K2N14O4. The molecule has 4 aromatic heterocycles. The smallest absolute Gasteiger partial charge is 0.689 e. The second-order valence-electron chi connectivity index (χ2n) is 17.4. The van der Waals surface area contributed by atoms with Crippen LogP contribution in [0.15, 0.2) is 84.7 Å². The average Bonchev–Trinajstić information content (AvgIpc) is 4.35. The van der Waals surface area contributed by atoms with Gasteiger partial charge in [-0.1, -0.05) is 62.4 Å². The van der Waals surface area contributed by atoms with E-state index in [4.69, 9.17) is 35.5 Å². The molecule has 2 aliphatic carbocycles. The number of ether oxygens (including phenoxy) is 4. The molecule has 4 heterocycles. The van der Waals surface area contributed by atoms with Crippen LogP contribution in [-0.4, -0.2) is 93.2 Å². The Kier molecular flexibility index (Phi) is 24.4. The van der Waals surface area contributed by atoms with Crippen LogP contribution in [0, 0.1) is 22.7 Å². The first-order chi connectivity index (χ1) is 36.1. The van der Waals surface area contributed by atoms with Crippen LogP contribution in [0.25, 0.3) is 44.6 Å². The predicted octanol–water partition coefficient (Wildman–Crippen LogP) is 5.13. The fourth-order valence-corrected chi connectivity index (χ4v) is 7.63. The van der Waals surface area contributed by atoms with E-state index in [1.54, 1.807) is 68.8 Å². The topological polar surface area (TPSA) is 229 Å². The van der Waals surface area contributed by atoms with Gasteiger partial charge in [-0.2, -0.15) is 36.3 Å². The van der Waals surface area contributed by atoms with Crippen molar-refractivity contribution < 1.29 is 148 Å². The van der Waals surface area contributed by atoms with E-state index in [1.807, 2.05) is 32.8 Å². The average molecular weight is 1140 g/mol. The molecule has 18 nitrogen and oxygen atoms in total. The molecule has 2 aromatic carbocycles. The summed E-state index contributed by atoms with van der Waals surface area (Å²) in [6, 6.07) is 13.7. The first-order valence-corrected chi connectivity index (χ1v) is 23.9. The molecule has 26 heteroatoms. The number of hydrogen-bond donors (Lipinski definition) is 3. The van der Waals surface area contributed by atoms with Gasteiger partial charge in [-0.3, -0.25) is 10.8 Å². The normalized spacial score (nSPS) is 13.5. The molecule has 8 rings (SSSR count). The first-order valence-electron chi connectivity index (χ1n) is 23.9. The summed E-state index contributed by atoms with van der Waals surface area (Å²) in [5.41, 5.74) is 9.87. The van der Waals surface area contributed by atoms with Crippen molar-refractivity contribution in [3.8, 4) is 34.5 Å². The van der Waals surface area contributed by atoms with Gasteiger partial charge in [0.05, 0.1) is 37.8 Å². The van der Waals surface area contributed by atoms with E-state index in [1.165, 1.54) is 43.6 Å². The molecule has 0 radical (unpaired) electrons. The number of nitrogens with zero attached hydrogens (tertiary/aromatic N) is 11. The molecule has 2 aliphatic rings. The van der Waals surface area contributed by atoms with Gasteiger partial charge in [-0.25, -0.2) is 19.9 Å². The number of rotatable bonds is 17. The Morgan fingerprint density at radius 3 is 1.35 bits per heavy atom. The van der Waals surface area contributed by atoms with Crippen molar-refractivity contribution in [1.82, 2.24) is 39.0 Å². The Hall–Kier alpha value is -4.91. The van der Waals surface area contributed by atoms with Crippen LogP contribution < -0.4 is 123 Å². The van der Waals surface area contributed by atoms with E-state index < -0.39 is 23.7 Å². The monoisotopic (exact) mass is 1140 g/mol. The Bertz CT molecular complexity index is 3060. The third-order valence-corrected chi connectivity index (χ3v) is 11.7. The van der Waals surface area contributed by atoms with Crippen LogP contribution in [0.4, 0.5) is 37.7 Å². The van der Waals surface area contributed by atoms with Gasteiger partial charge >= 0.3 is 115 Å². The molecule has 78 heavy (non-hydrogen) atoms. The van der Waals surface area contributed by atoms with Crippen LogP contribution in [0.2, 0.25) is 0 Å². The van der Waals surface area contributed by atoms with Crippen LogP contribution in [-0.2, 0) is 49.1 Å². The zero-order valence-corrected chi connectivity index (χ0v) is 52.0. The Morgan fingerprint density at radius 1 is 0.641 bits per heavy atom. The Labute approximate surface area is 534 Å². The van der Waals surface area contributed by atoms with Gasteiger partial charge in [0, 0.05) is 51.7 Å². The minimum Gasteiger partial charge on any atom is -0.689 e. The number of nitrogens with one attached hydrogen (secondary N) is 2. The van der Waals surface area contributed by atoms with Crippen molar-refractivity contribution in [3.63, 3.8) is 0 Å². The van der Waals surface area contributed by atoms with E-state index in [9.17, 15) is 26.3 Å². The number of methoxy groups -OCH3 is 2. The minimum atomic E-state index is -4.51. The number of aryl methyl sites for hydroxylation is 2. The maximum Gasteiger partial charge on any atom is 1.00 e. The molecule has 0 atom stereocenters. The molecule has 406 valence electrons. The second-order valence-corrected chi connectivity index (χ2v) is 17.4. The van der Waals surface area contributed by atoms with Gasteiger partial charge in [-0.15, -0.1) is 25.5 Å². The molecule has 0 unspecified atom stereocenters. The summed E-state index contributed by atoms with van der Waals surface area (Å²) in [7, 11) is 12.9. The number of benzene rings is 2. The maximum atomic E-state index is 13.0. The van der Waals surface area contributed by atoms with Gasteiger partial charge in [0.15, 0.2) is 23.0 Å². The number of nitrogens with two attached hydrogens (primary N) is 1. The minimum absolute atomic E-state index is 0. The van der Waals surface area contributed by atoms with Crippen molar-refractivity contribution in [2.45, 2.75) is 65.1 Å². The van der Waals surface area contributed by atoms with E-state index in [2.05, 4.69) is 40.5 Å². The molecule has 0 bridgehead atoms. The maximum absolute atomic E-state index is 13.0.